The Morgan fingerprint density at radius 1 is 1.12 bits per heavy atom. The van der Waals surface area contributed by atoms with Crippen molar-refractivity contribution in [3.63, 3.8) is 0 Å². The van der Waals surface area contributed by atoms with E-state index in [9.17, 15) is 12.9 Å². The van der Waals surface area contributed by atoms with Crippen molar-refractivity contribution in [3.8, 4) is 5.75 Å². The second-order valence-corrected chi connectivity index (χ2v) is 4.22. The van der Waals surface area contributed by atoms with E-state index in [1.54, 1.807) is 0 Å². The predicted molar refractivity (Wildman–Crippen MR) is 59.3 cm³/mol. The van der Waals surface area contributed by atoms with Crippen LogP contribution in [0.1, 0.15) is 12.8 Å². The Kier molecular flexibility index (Phi) is 3.62. The zero-order valence-corrected chi connectivity index (χ0v) is 9.24. The summed E-state index contributed by atoms with van der Waals surface area (Å²) in [4.78, 5) is 0. The van der Waals surface area contributed by atoms with Crippen LogP contribution in [0.4, 0.5) is 12.9 Å². The molecule has 2 nitrogen and oxygen atoms in total. The van der Waals surface area contributed by atoms with E-state index in [1.807, 2.05) is 0 Å². The van der Waals surface area contributed by atoms with Crippen molar-refractivity contribution in [3.05, 3.63) is 24.3 Å². The molecule has 0 aliphatic heterocycles. The molecule has 0 amide bonds. The van der Waals surface area contributed by atoms with Crippen molar-refractivity contribution < 1.29 is 22.4 Å². The average molecular weight is 245 g/mol. The molecular formula is C11H13BF3O2-. The summed E-state index contributed by atoms with van der Waals surface area (Å²) in [6.07, 6.45) is 2.39. The second kappa shape index (κ2) is 5.00. The van der Waals surface area contributed by atoms with Gasteiger partial charge in [0.1, 0.15) is 5.75 Å². The zero-order valence-electron chi connectivity index (χ0n) is 9.24. The highest BCUT2D eigenvalue weighted by molar-refractivity contribution is 6.73. The minimum absolute atomic E-state index is 0.0903. The van der Waals surface area contributed by atoms with E-state index in [0.29, 0.717) is 18.3 Å². The van der Waals surface area contributed by atoms with Gasteiger partial charge in [-0.3, -0.25) is 0 Å². The summed E-state index contributed by atoms with van der Waals surface area (Å²) >= 11 is 0. The number of benzene rings is 1. The molecule has 94 valence electrons. The first kappa shape index (κ1) is 12.3. The Morgan fingerprint density at radius 2 is 1.76 bits per heavy atom. The summed E-state index contributed by atoms with van der Waals surface area (Å²) in [7, 11) is 0. The summed E-state index contributed by atoms with van der Waals surface area (Å²) in [5, 5.41) is 0. The highest BCUT2D eigenvalue weighted by Gasteiger charge is 2.25. The molecule has 0 bridgehead atoms. The third kappa shape index (κ3) is 3.96. The molecular weight excluding hydrogens is 232 g/mol. The molecule has 1 aromatic rings. The Hall–Kier alpha value is -1.17. The Labute approximate surface area is 97.8 Å². The molecule has 0 unspecified atom stereocenters. The fourth-order valence-corrected chi connectivity index (χ4v) is 1.39. The van der Waals surface area contributed by atoms with Gasteiger partial charge < -0.3 is 22.4 Å². The van der Waals surface area contributed by atoms with Crippen molar-refractivity contribution in [1.82, 2.24) is 0 Å². The maximum absolute atomic E-state index is 12.3. The lowest BCUT2D eigenvalue weighted by Gasteiger charge is -2.15. The van der Waals surface area contributed by atoms with Crippen molar-refractivity contribution in [2.75, 3.05) is 13.4 Å². The zero-order chi connectivity index (χ0) is 12.3. The quantitative estimate of drug-likeness (QED) is 0.435. The smallest absolute Gasteiger partial charge is 0.468 e. The lowest BCUT2D eigenvalue weighted by Crippen LogP contribution is -2.33. The van der Waals surface area contributed by atoms with Gasteiger partial charge in [-0.05, 0) is 30.9 Å². The number of rotatable bonds is 6. The van der Waals surface area contributed by atoms with Crippen LogP contribution in [0.2, 0.25) is 0 Å². The summed E-state index contributed by atoms with van der Waals surface area (Å²) in [5.74, 6) is 1.04. The van der Waals surface area contributed by atoms with Crippen molar-refractivity contribution in [2.45, 2.75) is 12.8 Å². The first-order valence-electron chi connectivity index (χ1n) is 5.56. The van der Waals surface area contributed by atoms with Gasteiger partial charge in [0.25, 0.3) is 0 Å². The number of hydrogen-bond donors (Lipinski definition) is 0. The number of ether oxygens (including phenoxy) is 2. The van der Waals surface area contributed by atoms with E-state index in [-0.39, 0.29) is 6.79 Å². The van der Waals surface area contributed by atoms with Crippen LogP contribution in [0.3, 0.4) is 0 Å². The third-order valence-corrected chi connectivity index (χ3v) is 2.62. The molecule has 0 saturated heterocycles. The largest absolute Gasteiger partial charge is 0.509 e. The molecule has 0 aromatic heterocycles. The van der Waals surface area contributed by atoms with E-state index in [2.05, 4.69) is 0 Å². The first-order chi connectivity index (χ1) is 8.05. The van der Waals surface area contributed by atoms with E-state index < -0.39 is 12.4 Å². The topological polar surface area (TPSA) is 18.5 Å². The molecule has 2 rings (SSSR count). The molecule has 1 fully saturated rings. The molecule has 17 heavy (non-hydrogen) atoms. The summed E-state index contributed by atoms with van der Waals surface area (Å²) < 4.78 is 47.3. The Balaban J connectivity index is 1.76. The van der Waals surface area contributed by atoms with E-state index in [4.69, 9.17) is 9.47 Å². The van der Waals surface area contributed by atoms with Gasteiger partial charge in [-0.15, -0.1) is 5.46 Å². The van der Waals surface area contributed by atoms with Gasteiger partial charge in [-0.25, -0.2) is 0 Å². The van der Waals surface area contributed by atoms with Gasteiger partial charge >= 0.3 is 6.98 Å². The fraction of sp³-hybridized carbons (Fsp3) is 0.455. The van der Waals surface area contributed by atoms with Gasteiger partial charge in [0, 0.05) is 0 Å². The standard InChI is InChI=1S/C11H13BF3O2/c13-12(14,15)10-3-5-11(6-4-10)17-8-16-7-9-1-2-9/h3-6,9H,1-2,7-8H2/q-1. The average Bonchev–Trinajstić information content (AvgIpc) is 3.08. The fourth-order valence-electron chi connectivity index (χ4n) is 1.39. The van der Waals surface area contributed by atoms with Crippen LogP contribution < -0.4 is 10.2 Å². The van der Waals surface area contributed by atoms with E-state index >= 15 is 0 Å². The summed E-state index contributed by atoms with van der Waals surface area (Å²) in [6.45, 7) is -4.17. The van der Waals surface area contributed by atoms with E-state index in [0.717, 1.165) is 12.1 Å². The number of hydrogen-bond acceptors (Lipinski definition) is 2. The molecule has 1 saturated carbocycles. The first-order valence-corrected chi connectivity index (χ1v) is 5.56. The van der Waals surface area contributed by atoms with Crippen LogP contribution in [0, 0.1) is 5.92 Å². The Bertz CT molecular complexity index is 360. The molecule has 0 spiro atoms. The monoisotopic (exact) mass is 245 g/mol. The molecule has 6 heteroatoms. The summed E-state index contributed by atoms with van der Waals surface area (Å²) in [6, 6.07) is 4.67. The second-order valence-electron chi connectivity index (χ2n) is 4.22. The van der Waals surface area contributed by atoms with Gasteiger partial charge in [0.05, 0.1) is 6.61 Å². The highest BCUT2D eigenvalue weighted by atomic mass is 19.4. The number of halogens is 3. The van der Waals surface area contributed by atoms with Crippen molar-refractivity contribution in [1.29, 1.82) is 0 Å². The minimum atomic E-state index is -4.93. The van der Waals surface area contributed by atoms with Crippen LogP contribution in [-0.2, 0) is 4.74 Å². The van der Waals surface area contributed by atoms with Gasteiger partial charge in [-0.2, -0.15) is 0 Å². The molecule has 1 aliphatic rings. The highest BCUT2D eigenvalue weighted by Crippen LogP contribution is 2.28. The molecule has 0 N–H and O–H groups in total. The molecule has 1 aromatic carbocycles. The SMILES string of the molecule is F[B-](F)(F)c1ccc(OCOCC2CC2)cc1. The van der Waals surface area contributed by atoms with Crippen molar-refractivity contribution >= 4 is 12.4 Å². The molecule has 0 atom stereocenters. The minimum Gasteiger partial charge on any atom is -0.468 e. The lowest BCUT2D eigenvalue weighted by molar-refractivity contribution is 0.00999. The maximum Gasteiger partial charge on any atom is 0.509 e. The lowest BCUT2D eigenvalue weighted by atomic mass is 9.80. The van der Waals surface area contributed by atoms with Crippen LogP contribution in [0.25, 0.3) is 0 Å². The maximum atomic E-state index is 12.3. The van der Waals surface area contributed by atoms with Crippen molar-refractivity contribution in [2.24, 2.45) is 5.92 Å². The summed E-state index contributed by atoms with van der Waals surface area (Å²) in [5.41, 5.74) is -0.615. The molecule has 1 aliphatic carbocycles. The van der Waals surface area contributed by atoms with Gasteiger partial charge in [-0.1, -0.05) is 12.1 Å². The van der Waals surface area contributed by atoms with Gasteiger partial charge in [0.15, 0.2) is 6.79 Å². The van der Waals surface area contributed by atoms with E-state index in [1.165, 1.54) is 25.0 Å². The molecule has 0 radical (unpaired) electrons. The Morgan fingerprint density at radius 3 is 2.29 bits per heavy atom. The molecule has 0 heterocycles. The normalized spacial score (nSPS) is 15.9. The van der Waals surface area contributed by atoms with Crippen LogP contribution in [0.5, 0.6) is 5.75 Å². The van der Waals surface area contributed by atoms with Crippen LogP contribution in [0.15, 0.2) is 24.3 Å². The predicted octanol–water partition coefficient (Wildman–Crippen LogP) is 2.50. The van der Waals surface area contributed by atoms with Gasteiger partial charge in [0.2, 0.25) is 0 Å². The van der Waals surface area contributed by atoms with Crippen LogP contribution in [-0.4, -0.2) is 20.4 Å². The third-order valence-electron chi connectivity index (χ3n) is 2.62. The van der Waals surface area contributed by atoms with Crippen LogP contribution >= 0.6 is 0 Å².